The topological polar surface area (TPSA) is 89.3 Å². The largest absolute Gasteiger partial charge is 0.366 e. The van der Waals surface area contributed by atoms with Crippen LogP contribution in [0.15, 0.2) is 97.1 Å². The van der Waals surface area contributed by atoms with Gasteiger partial charge in [0.25, 0.3) is 11.8 Å². The Morgan fingerprint density at radius 2 is 1.23 bits per heavy atom. The van der Waals surface area contributed by atoms with E-state index in [1.165, 1.54) is 6.07 Å². The summed E-state index contributed by atoms with van der Waals surface area (Å²) in [6, 6.07) is 29.2. The zero-order valence-electron chi connectivity index (χ0n) is 19.5. The summed E-state index contributed by atoms with van der Waals surface area (Å²) in [6.45, 7) is 1.93. The number of carbonyl (C=O) groups excluding carboxylic acids is 3. The van der Waals surface area contributed by atoms with Crippen molar-refractivity contribution in [3.05, 3.63) is 114 Å². The molecule has 0 aliphatic carbocycles. The third kappa shape index (κ3) is 5.04. The van der Waals surface area contributed by atoms with E-state index in [0.717, 1.165) is 11.1 Å². The molecule has 0 spiro atoms. The van der Waals surface area contributed by atoms with Gasteiger partial charge in [-0.1, -0.05) is 85.8 Å². The zero-order valence-corrected chi connectivity index (χ0v) is 19.5. The van der Waals surface area contributed by atoms with Crippen molar-refractivity contribution in [1.82, 2.24) is 0 Å². The average molecular weight is 463 g/mol. The van der Waals surface area contributed by atoms with Crippen LogP contribution >= 0.6 is 0 Å². The van der Waals surface area contributed by atoms with Crippen LogP contribution in [0.1, 0.15) is 50.8 Å². The average Bonchev–Trinajstić information content (AvgIpc) is 2.89. The zero-order chi connectivity index (χ0) is 24.8. The number of rotatable bonds is 8. The van der Waals surface area contributed by atoms with Crippen LogP contribution in [0, 0.1) is 0 Å². The normalized spacial score (nSPS) is 10.5. The summed E-state index contributed by atoms with van der Waals surface area (Å²) in [6.07, 6.45) is 0.980. The third-order valence-corrected chi connectivity index (χ3v) is 5.77. The quantitative estimate of drug-likeness (QED) is 0.299. The number of nitrogens with one attached hydrogen (secondary N) is 1. The Labute approximate surface area is 204 Å². The molecule has 0 aliphatic heterocycles. The fourth-order valence-corrected chi connectivity index (χ4v) is 4.16. The molecule has 0 saturated carbocycles. The van der Waals surface area contributed by atoms with Gasteiger partial charge < -0.3 is 11.1 Å². The fraction of sp³-hybridized carbons (Fsp3) is 0.100. The SMILES string of the molecule is CCCC(=O)c1cc(C(N)=O)c(NC(=O)c2ccccc2)c(-c2ccccc2)c1-c1ccccc1. The number of amides is 2. The number of hydrogen-bond donors (Lipinski definition) is 2. The van der Waals surface area contributed by atoms with Crippen LogP contribution in [0.5, 0.6) is 0 Å². The van der Waals surface area contributed by atoms with E-state index in [1.807, 2.05) is 73.7 Å². The van der Waals surface area contributed by atoms with Crippen molar-refractivity contribution in [3.8, 4) is 22.3 Å². The maximum atomic E-state index is 13.3. The van der Waals surface area contributed by atoms with Crippen molar-refractivity contribution in [2.45, 2.75) is 19.8 Å². The molecule has 0 saturated heterocycles. The molecule has 35 heavy (non-hydrogen) atoms. The highest BCUT2D eigenvalue weighted by Gasteiger charge is 2.26. The van der Waals surface area contributed by atoms with Gasteiger partial charge in [0.2, 0.25) is 0 Å². The molecule has 4 aromatic carbocycles. The highest BCUT2D eigenvalue weighted by Crippen LogP contribution is 2.43. The number of hydrogen-bond acceptors (Lipinski definition) is 3. The number of ketones is 1. The Morgan fingerprint density at radius 1 is 0.714 bits per heavy atom. The Balaban J connectivity index is 2.08. The van der Waals surface area contributed by atoms with Crippen molar-refractivity contribution in [2.24, 2.45) is 5.73 Å². The van der Waals surface area contributed by atoms with Gasteiger partial charge in [-0.05, 0) is 35.7 Å². The van der Waals surface area contributed by atoms with E-state index in [-0.39, 0.29) is 22.9 Å². The fourth-order valence-electron chi connectivity index (χ4n) is 4.16. The second-order valence-corrected chi connectivity index (χ2v) is 8.19. The van der Waals surface area contributed by atoms with Gasteiger partial charge in [0, 0.05) is 28.7 Å². The first-order valence-electron chi connectivity index (χ1n) is 11.5. The van der Waals surface area contributed by atoms with Gasteiger partial charge in [-0.3, -0.25) is 14.4 Å². The van der Waals surface area contributed by atoms with E-state index in [1.54, 1.807) is 24.3 Å². The standard InChI is InChI=1S/C30H26N2O3/c1-2-12-25(33)23-19-24(29(31)34)28(32-30(35)22-17-10-5-11-18-22)27(21-15-8-4-9-16-21)26(23)20-13-6-3-7-14-20/h3-11,13-19H,2,12H2,1H3,(H2,31,34)(H,32,35). The Hall–Kier alpha value is -4.51. The number of anilines is 1. The number of nitrogens with two attached hydrogens (primary N) is 1. The highest BCUT2D eigenvalue weighted by atomic mass is 16.2. The Kier molecular flexibility index (Phi) is 7.17. The van der Waals surface area contributed by atoms with Crippen molar-refractivity contribution in [1.29, 1.82) is 0 Å². The molecule has 3 N–H and O–H groups in total. The second-order valence-electron chi connectivity index (χ2n) is 8.19. The first-order chi connectivity index (χ1) is 17.0. The van der Waals surface area contributed by atoms with E-state index in [9.17, 15) is 14.4 Å². The van der Waals surface area contributed by atoms with Crippen molar-refractivity contribution in [3.63, 3.8) is 0 Å². The molecule has 0 radical (unpaired) electrons. The van der Waals surface area contributed by atoms with Crippen molar-refractivity contribution < 1.29 is 14.4 Å². The molecule has 0 aliphatic rings. The van der Waals surface area contributed by atoms with Gasteiger partial charge in [-0.15, -0.1) is 0 Å². The maximum absolute atomic E-state index is 13.3. The van der Waals surface area contributed by atoms with Gasteiger partial charge in [0.15, 0.2) is 5.78 Å². The summed E-state index contributed by atoms with van der Waals surface area (Å²) in [5.74, 6) is -1.19. The van der Waals surface area contributed by atoms with Crippen LogP contribution in [0.4, 0.5) is 5.69 Å². The van der Waals surface area contributed by atoms with Gasteiger partial charge in [-0.2, -0.15) is 0 Å². The maximum Gasteiger partial charge on any atom is 0.255 e. The lowest BCUT2D eigenvalue weighted by Gasteiger charge is -2.22. The van der Waals surface area contributed by atoms with Gasteiger partial charge in [0.05, 0.1) is 11.3 Å². The minimum Gasteiger partial charge on any atom is -0.366 e. The summed E-state index contributed by atoms with van der Waals surface area (Å²) in [5, 5.41) is 2.93. The summed E-state index contributed by atoms with van der Waals surface area (Å²) >= 11 is 0. The van der Waals surface area contributed by atoms with E-state index in [2.05, 4.69) is 5.32 Å². The number of Topliss-reactive ketones (excluding diaryl/α,β-unsaturated/α-hetero) is 1. The van der Waals surface area contributed by atoms with E-state index < -0.39 is 5.91 Å². The molecule has 174 valence electrons. The van der Waals surface area contributed by atoms with Crippen LogP contribution in [-0.4, -0.2) is 17.6 Å². The molecule has 2 amide bonds. The highest BCUT2D eigenvalue weighted by molar-refractivity contribution is 6.17. The van der Waals surface area contributed by atoms with Crippen LogP contribution < -0.4 is 11.1 Å². The van der Waals surface area contributed by atoms with E-state index >= 15 is 0 Å². The molecule has 5 nitrogen and oxygen atoms in total. The number of carbonyl (C=O) groups is 3. The number of primary amides is 1. The minimum atomic E-state index is -0.726. The van der Waals surface area contributed by atoms with Gasteiger partial charge >= 0.3 is 0 Å². The molecular formula is C30H26N2O3. The van der Waals surface area contributed by atoms with Crippen LogP contribution in [0.3, 0.4) is 0 Å². The molecule has 4 aromatic rings. The molecular weight excluding hydrogens is 436 g/mol. The summed E-state index contributed by atoms with van der Waals surface area (Å²) in [5.41, 5.74) is 9.82. The van der Waals surface area contributed by atoms with Crippen molar-refractivity contribution >= 4 is 23.3 Å². The molecule has 0 aromatic heterocycles. The summed E-state index contributed by atoms with van der Waals surface area (Å²) < 4.78 is 0. The number of benzene rings is 4. The lowest BCUT2D eigenvalue weighted by atomic mass is 9.84. The van der Waals surface area contributed by atoms with Crippen LogP contribution in [0.2, 0.25) is 0 Å². The molecule has 0 unspecified atom stereocenters. The van der Waals surface area contributed by atoms with Crippen LogP contribution in [-0.2, 0) is 0 Å². The van der Waals surface area contributed by atoms with Crippen LogP contribution in [0.25, 0.3) is 22.3 Å². The molecule has 0 fully saturated rings. The second kappa shape index (κ2) is 10.6. The molecule has 0 bridgehead atoms. The van der Waals surface area contributed by atoms with Crippen molar-refractivity contribution in [2.75, 3.05) is 5.32 Å². The predicted octanol–water partition coefficient (Wildman–Crippen LogP) is 6.35. The Bertz CT molecular complexity index is 1370. The first kappa shape index (κ1) is 23.6. The summed E-state index contributed by atoms with van der Waals surface area (Å²) in [7, 11) is 0. The third-order valence-electron chi connectivity index (χ3n) is 5.77. The Morgan fingerprint density at radius 3 is 1.74 bits per heavy atom. The summed E-state index contributed by atoms with van der Waals surface area (Å²) in [4.78, 5) is 39.2. The monoisotopic (exact) mass is 462 g/mol. The predicted molar refractivity (Wildman–Crippen MR) is 139 cm³/mol. The van der Waals surface area contributed by atoms with Gasteiger partial charge in [0.1, 0.15) is 0 Å². The lowest BCUT2D eigenvalue weighted by molar-refractivity contribution is 0.0981. The van der Waals surface area contributed by atoms with Gasteiger partial charge in [-0.25, -0.2) is 0 Å². The first-order valence-corrected chi connectivity index (χ1v) is 11.5. The molecule has 0 heterocycles. The molecule has 0 atom stereocenters. The van der Waals surface area contributed by atoms with E-state index in [0.29, 0.717) is 35.1 Å². The lowest BCUT2D eigenvalue weighted by Crippen LogP contribution is -2.21. The minimum absolute atomic E-state index is 0.0901. The smallest absolute Gasteiger partial charge is 0.255 e. The molecule has 4 rings (SSSR count). The molecule has 5 heteroatoms. The van der Waals surface area contributed by atoms with E-state index in [4.69, 9.17) is 5.73 Å².